The van der Waals surface area contributed by atoms with Crippen LogP contribution in [0.4, 0.5) is 0 Å². The van der Waals surface area contributed by atoms with Crippen LogP contribution in [-0.2, 0) is 19.1 Å². The Morgan fingerprint density at radius 2 is 1.61 bits per heavy atom. The number of rotatable bonds is 12. The van der Waals surface area contributed by atoms with E-state index < -0.39 is 11.2 Å². The second kappa shape index (κ2) is 10.2. The number of amides is 2. The summed E-state index contributed by atoms with van der Waals surface area (Å²) < 4.78 is 11.6. The molecule has 1 unspecified atom stereocenters. The molecule has 0 radical (unpaired) electrons. The van der Waals surface area contributed by atoms with Gasteiger partial charge >= 0.3 is 0 Å². The van der Waals surface area contributed by atoms with Crippen molar-refractivity contribution in [3.63, 3.8) is 0 Å². The smallest absolute Gasteiger partial charge is 0.245 e. The van der Waals surface area contributed by atoms with Gasteiger partial charge in [0.05, 0.1) is 17.8 Å². The Labute approximate surface area is 139 Å². The van der Waals surface area contributed by atoms with Crippen molar-refractivity contribution in [2.45, 2.75) is 51.7 Å². The van der Waals surface area contributed by atoms with Crippen molar-refractivity contribution < 1.29 is 19.1 Å². The molecule has 0 fully saturated rings. The highest BCUT2D eigenvalue weighted by molar-refractivity contribution is 5.87. The quantitative estimate of drug-likeness (QED) is 0.424. The average Bonchev–Trinajstić information content (AvgIpc) is 2.52. The zero-order valence-electron chi connectivity index (χ0n) is 14.7. The van der Waals surface area contributed by atoms with Gasteiger partial charge < -0.3 is 20.1 Å². The Morgan fingerprint density at radius 3 is 2.13 bits per heavy atom. The standard InChI is InChI=1S/C17H30N2O4/c1-7-14(20)18-12-16(4,5)22-11-10-17(6,9-3)23-13-19-15(21)8-2/h7-8H,1-2,9-13H2,3-6H3,(H,18,20)(H,19,21). The van der Waals surface area contributed by atoms with Crippen LogP contribution in [0.2, 0.25) is 0 Å². The van der Waals surface area contributed by atoms with Crippen molar-refractivity contribution in [2.75, 3.05) is 19.9 Å². The molecule has 6 nitrogen and oxygen atoms in total. The van der Waals surface area contributed by atoms with Crippen molar-refractivity contribution in [3.05, 3.63) is 25.3 Å². The summed E-state index contributed by atoms with van der Waals surface area (Å²) in [6.07, 6.45) is 3.89. The lowest BCUT2D eigenvalue weighted by Crippen LogP contribution is -2.41. The lowest BCUT2D eigenvalue weighted by atomic mass is 9.99. The van der Waals surface area contributed by atoms with Gasteiger partial charge in [-0.05, 0) is 45.8 Å². The Kier molecular flexibility index (Phi) is 9.44. The number of nitrogens with one attached hydrogen (secondary N) is 2. The third kappa shape index (κ3) is 9.86. The molecule has 0 aromatic heterocycles. The van der Waals surface area contributed by atoms with Crippen LogP contribution < -0.4 is 10.6 Å². The first-order chi connectivity index (χ1) is 10.7. The van der Waals surface area contributed by atoms with Crippen LogP contribution in [0.3, 0.4) is 0 Å². The van der Waals surface area contributed by atoms with Crippen molar-refractivity contribution in [3.8, 4) is 0 Å². The highest BCUT2D eigenvalue weighted by Crippen LogP contribution is 2.21. The van der Waals surface area contributed by atoms with Gasteiger partial charge in [0.1, 0.15) is 6.73 Å². The van der Waals surface area contributed by atoms with Crippen LogP contribution in [-0.4, -0.2) is 42.9 Å². The Morgan fingerprint density at radius 1 is 1.04 bits per heavy atom. The van der Waals surface area contributed by atoms with Crippen LogP contribution in [0, 0.1) is 0 Å². The van der Waals surface area contributed by atoms with Crippen LogP contribution >= 0.6 is 0 Å². The van der Waals surface area contributed by atoms with Crippen molar-refractivity contribution in [1.29, 1.82) is 0 Å². The fraction of sp³-hybridized carbons (Fsp3) is 0.647. The SMILES string of the molecule is C=CC(=O)NCOC(C)(CC)CCOC(C)(C)CNC(=O)C=C. The van der Waals surface area contributed by atoms with Gasteiger partial charge in [0.2, 0.25) is 11.8 Å². The summed E-state index contributed by atoms with van der Waals surface area (Å²) in [5, 5.41) is 5.31. The molecular formula is C17H30N2O4. The van der Waals surface area contributed by atoms with E-state index in [-0.39, 0.29) is 18.5 Å². The molecule has 132 valence electrons. The summed E-state index contributed by atoms with van der Waals surface area (Å²) in [5.74, 6) is -0.486. The minimum absolute atomic E-state index is 0.133. The monoisotopic (exact) mass is 326 g/mol. The van der Waals surface area contributed by atoms with Crippen LogP contribution in [0.1, 0.15) is 40.5 Å². The van der Waals surface area contributed by atoms with E-state index >= 15 is 0 Å². The molecule has 0 aromatic carbocycles. The molecular weight excluding hydrogens is 296 g/mol. The second-order valence-corrected chi connectivity index (χ2v) is 6.12. The minimum atomic E-state index is -0.482. The number of carbonyl (C=O) groups excluding carboxylic acids is 2. The molecule has 0 spiro atoms. The molecule has 0 rings (SSSR count). The zero-order valence-corrected chi connectivity index (χ0v) is 14.7. The van der Waals surface area contributed by atoms with Gasteiger partial charge in [0.15, 0.2) is 0 Å². The van der Waals surface area contributed by atoms with Crippen molar-refractivity contribution in [2.24, 2.45) is 0 Å². The van der Waals surface area contributed by atoms with E-state index in [4.69, 9.17) is 9.47 Å². The summed E-state index contributed by atoms with van der Waals surface area (Å²) in [5.41, 5.74) is -0.876. The Hall–Kier alpha value is -1.66. The third-order valence-electron chi connectivity index (χ3n) is 3.60. The summed E-state index contributed by atoms with van der Waals surface area (Å²) in [7, 11) is 0. The highest BCUT2D eigenvalue weighted by atomic mass is 16.5. The molecule has 0 aliphatic carbocycles. The molecule has 2 N–H and O–H groups in total. The minimum Gasteiger partial charge on any atom is -0.374 e. The molecule has 0 aromatic rings. The third-order valence-corrected chi connectivity index (χ3v) is 3.60. The Balaban J connectivity index is 4.21. The van der Waals surface area contributed by atoms with E-state index in [1.165, 1.54) is 12.2 Å². The van der Waals surface area contributed by atoms with Gasteiger partial charge in [-0.3, -0.25) is 9.59 Å². The summed E-state index contributed by atoms with van der Waals surface area (Å²) in [4.78, 5) is 22.3. The van der Waals surface area contributed by atoms with E-state index in [2.05, 4.69) is 23.8 Å². The molecule has 0 aliphatic rings. The number of ether oxygens (including phenoxy) is 2. The van der Waals surface area contributed by atoms with Gasteiger partial charge in [-0.25, -0.2) is 0 Å². The highest BCUT2D eigenvalue weighted by Gasteiger charge is 2.25. The van der Waals surface area contributed by atoms with Crippen LogP contribution in [0.15, 0.2) is 25.3 Å². The van der Waals surface area contributed by atoms with Gasteiger partial charge in [-0.1, -0.05) is 20.1 Å². The van der Waals surface area contributed by atoms with Crippen molar-refractivity contribution in [1.82, 2.24) is 10.6 Å². The topological polar surface area (TPSA) is 76.7 Å². The largest absolute Gasteiger partial charge is 0.374 e. The lowest BCUT2D eigenvalue weighted by molar-refractivity contribution is -0.123. The number of carbonyl (C=O) groups is 2. The summed E-state index contributed by atoms with van der Waals surface area (Å²) in [6, 6.07) is 0. The first kappa shape index (κ1) is 21.3. The van der Waals surface area contributed by atoms with Gasteiger partial charge in [-0.15, -0.1) is 0 Å². The molecule has 0 aliphatic heterocycles. The predicted octanol–water partition coefficient (Wildman–Crippen LogP) is 1.92. The summed E-state index contributed by atoms with van der Waals surface area (Å²) in [6.45, 7) is 15.6. The molecule has 0 heterocycles. The molecule has 0 saturated carbocycles. The van der Waals surface area contributed by atoms with Crippen LogP contribution in [0.5, 0.6) is 0 Å². The molecule has 6 heteroatoms. The van der Waals surface area contributed by atoms with Gasteiger partial charge in [0, 0.05) is 6.54 Å². The number of hydrogen-bond acceptors (Lipinski definition) is 4. The molecule has 1 atom stereocenters. The first-order valence-corrected chi connectivity index (χ1v) is 7.76. The molecule has 2 amide bonds. The maximum absolute atomic E-state index is 11.2. The maximum atomic E-state index is 11.2. The fourth-order valence-electron chi connectivity index (χ4n) is 1.67. The van der Waals surface area contributed by atoms with Gasteiger partial charge in [-0.2, -0.15) is 0 Å². The predicted molar refractivity (Wildman–Crippen MR) is 90.8 cm³/mol. The molecule has 23 heavy (non-hydrogen) atoms. The molecule has 0 bridgehead atoms. The lowest BCUT2D eigenvalue weighted by Gasteiger charge is -2.31. The maximum Gasteiger partial charge on any atom is 0.245 e. The van der Waals surface area contributed by atoms with E-state index in [9.17, 15) is 9.59 Å². The summed E-state index contributed by atoms with van der Waals surface area (Å²) >= 11 is 0. The van der Waals surface area contributed by atoms with E-state index in [1.807, 2.05) is 27.7 Å². The Bertz CT molecular complexity index is 421. The average molecular weight is 326 g/mol. The zero-order chi connectivity index (χ0) is 17.9. The van der Waals surface area contributed by atoms with E-state index in [0.717, 1.165) is 6.42 Å². The second-order valence-electron chi connectivity index (χ2n) is 6.12. The molecule has 0 saturated heterocycles. The fourth-order valence-corrected chi connectivity index (χ4v) is 1.67. The van der Waals surface area contributed by atoms with Gasteiger partial charge in [0.25, 0.3) is 0 Å². The van der Waals surface area contributed by atoms with Crippen LogP contribution in [0.25, 0.3) is 0 Å². The van der Waals surface area contributed by atoms with E-state index in [0.29, 0.717) is 19.6 Å². The number of hydrogen-bond donors (Lipinski definition) is 2. The van der Waals surface area contributed by atoms with E-state index in [1.54, 1.807) is 0 Å². The normalized spacial score (nSPS) is 13.7. The first-order valence-electron chi connectivity index (χ1n) is 7.76. The van der Waals surface area contributed by atoms with Crippen molar-refractivity contribution >= 4 is 11.8 Å².